The number of methoxy groups -OCH3 is 3. The number of anilines is 2. The molecule has 8 rings (SSSR count). The van der Waals surface area contributed by atoms with Gasteiger partial charge in [-0.3, -0.25) is 4.79 Å². The Hall–Kier alpha value is -6.01. The van der Waals surface area contributed by atoms with Crippen molar-refractivity contribution in [3.8, 4) is 17.2 Å². The van der Waals surface area contributed by atoms with Crippen LogP contribution in [0.1, 0.15) is 43.7 Å². The number of ether oxygens (including phenoxy) is 3. The Morgan fingerprint density at radius 2 is 1.06 bits per heavy atom. The summed E-state index contributed by atoms with van der Waals surface area (Å²) >= 11 is 0. The molecular weight excluding hydrogens is 633 g/mol. The zero-order valence-corrected chi connectivity index (χ0v) is 30.0. The maximum Gasteiger partial charge on any atom is 0.194 e. The summed E-state index contributed by atoms with van der Waals surface area (Å²) in [4.78, 5) is 19.4. The van der Waals surface area contributed by atoms with E-state index in [1.807, 2.05) is 42.5 Å². The van der Waals surface area contributed by atoms with Gasteiger partial charge in [-0.2, -0.15) is 0 Å². The second kappa shape index (κ2) is 12.1. The molecule has 5 aromatic carbocycles. The summed E-state index contributed by atoms with van der Waals surface area (Å²) in [5.41, 5.74) is 13.0. The second-order valence-corrected chi connectivity index (χ2v) is 13.6. The summed E-state index contributed by atoms with van der Waals surface area (Å²) < 4.78 is 16.9. The van der Waals surface area contributed by atoms with E-state index in [0.717, 1.165) is 84.1 Å². The predicted molar refractivity (Wildman–Crippen MR) is 207 cm³/mol. The van der Waals surface area contributed by atoms with E-state index in [2.05, 4.69) is 111 Å². The first-order valence-corrected chi connectivity index (χ1v) is 17.0. The zero-order valence-electron chi connectivity index (χ0n) is 30.0. The highest BCUT2D eigenvalue weighted by Gasteiger charge is 2.56. The minimum atomic E-state index is -0.872. The van der Waals surface area contributed by atoms with Crippen LogP contribution in [0.2, 0.25) is 0 Å². The number of hydrogen-bond donors (Lipinski definition) is 0. The summed E-state index contributed by atoms with van der Waals surface area (Å²) in [6.45, 7) is 0. The van der Waals surface area contributed by atoms with Gasteiger partial charge in [0.2, 0.25) is 0 Å². The zero-order chi connectivity index (χ0) is 35.6. The summed E-state index contributed by atoms with van der Waals surface area (Å²) in [7, 11) is 13.2. The molecule has 254 valence electrons. The van der Waals surface area contributed by atoms with Gasteiger partial charge in [-0.15, -0.1) is 0 Å². The summed E-state index contributed by atoms with van der Waals surface area (Å²) in [5.74, 6) is 2.17. The standard InChI is InChI=1S/C45H40N2O4/c1-46(2)31-15-8-27(9-16-31)40-36-23-17-32(47(3)4)25-38(36)41-42-39(24-28-10-18-35(51-7)26-37(28)44(42)48)45(43(40)41,29-11-19-33(49-5)20-12-29)30-13-21-34(50-6)22-14-30/h8-26H,1-7H3. The number of carbonyl (C=O) groups is 1. The first kappa shape index (κ1) is 32.2. The van der Waals surface area contributed by atoms with Crippen LogP contribution in [0.25, 0.3) is 17.2 Å². The summed E-state index contributed by atoms with van der Waals surface area (Å²) in [6.07, 6.45) is 2.22. The highest BCUT2D eigenvalue weighted by molar-refractivity contribution is 6.29. The molecule has 0 spiro atoms. The average molecular weight is 673 g/mol. The van der Waals surface area contributed by atoms with Crippen molar-refractivity contribution in [2.24, 2.45) is 0 Å². The van der Waals surface area contributed by atoms with Gasteiger partial charge in [-0.25, -0.2) is 0 Å². The van der Waals surface area contributed by atoms with Crippen LogP contribution in [0.3, 0.4) is 0 Å². The number of benzene rings is 5. The lowest BCUT2D eigenvalue weighted by molar-refractivity contribution is 0.103. The Morgan fingerprint density at radius 3 is 1.61 bits per heavy atom. The minimum Gasteiger partial charge on any atom is -0.497 e. The molecule has 0 N–H and O–H groups in total. The molecule has 0 bridgehead atoms. The highest BCUT2D eigenvalue weighted by Crippen LogP contribution is 2.66. The number of ketones is 1. The third kappa shape index (κ3) is 4.73. The molecule has 0 aromatic heterocycles. The van der Waals surface area contributed by atoms with Crippen LogP contribution < -0.4 is 24.0 Å². The van der Waals surface area contributed by atoms with E-state index < -0.39 is 5.41 Å². The van der Waals surface area contributed by atoms with Crippen molar-refractivity contribution in [1.29, 1.82) is 0 Å². The number of fused-ring (bicyclic) bond motifs is 5. The van der Waals surface area contributed by atoms with Gasteiger partial charge in [0.1, 0.15) is 17.2 Å². The number of Topliss-reactive ketones (excluding diaryl/α,β-unsaturated/α-hetero) is 1. The number of nitrogens with zero attached hydrogens (tertiary/aromatic N) is 2. The van der Waals surface area contributed by atoms with Crippen LogP contribution in [0.15, 0.2) is 126 Å². The number of carbonyl (C=O) groups excluding carboxylic acids is 1. The van der Waals surface area contributed by atoms with Crippen molar-refractivity contribution in [2.45, 2.75) is 5.41 Å². The molecule has 51 heavy (non-hydrogen) atoms. The van der Waals surface area contributed by atoms with E-state index in [1.165, 1.54) is 0 Å². The number of rotatable bonds is 8. The summed E-state index contributed by atoms with van der Waals surface area (Å²) in [5, 5.41) is 0. The Balaban J connectivity index is 1.58. The van der Waals surface area contributed by atoms with Crippen LogP contribution in [0.5, 0.6) is 17.2 Å². The first-order chi connectivity index (χ1) is 24.7. The van der Waals surface area contributed by atoms with Crippen LogP contribution in [0, 0.1) is 0 Å². The largest absolute Gasteiger partial charge is 0.497 e. The molecule has 6 nitrogen and oxygen atoms in total. The topological polar surface area (TPSA) is 51.2 Å². The Morgan fingerprint density at radius 1 is 0.510 bits per heavy atom. The molecule has 0 saturated heterocycles. The lowest BCUT2D eigenvalue weighted by atomic mass is 9.63. The van der Waals surface area contributed by atoms with Crippen molar-refractivity contribution in [1.82, 2.24) is 0 Å². The SMILES string of the molecule is COc1ccc(C2(c3ccc(OC)cc3)C3=Cc4ccc(OC)cc4C(=O)C3=C3C2=C(c2ccc(N(C)C)cc2)c2ccc(N(C)C)cc23)cc1. The Labute approximate surface area is 299 Å². The van der Waals surface area contributed by atoms with E-state index in [0.29, 0.717) is 11.3 Å². The van der Waals surface area contributed by atoms with Crippen molar-refractivity contribution in [3.63, 3.8) is 0 Å². The van der Waals surface area contributed by atoms with Crippen molar-refractivity contribution in [3.05, 3.63) is 165 Å². The Bertz CT molecular complexity index is 2260. The molecule has 0 aliphatic heterocycles. The average Bonchev–Trinajstić information content (AvgIpc) is 3.65. The molecule has 3 aliphatic carbocycles. The molecular formula is C45H40N2O4. The van der Waals surface area contributed by atoms with Gasteiger partial charge in [0, 0.05) is 50.7 Å². The first-order valence-electron chi connectivity index (χ1n) is 17.0. The van der Waals surface area contributed by atoms with Gasteiger partial charge in [-0.05, 0) is 122 Å². The highest BCUT2D eigenvalue weighted by atomic mass is 16.5. The maximum atomic E-state index is 15.2. The maximum absolute atomic E-state index is 15.2. The monoisotopic (exact) mass is 672 g/mol. The van der Waals surface area contributed by atoms with Crippen LogP contribution in [0.4, 0.5) is 11.4 Å². The third-order valence-corrected chi connectivity index (χ3v) is 10.6. The molecule has 0 fully saturated rings. The van der Waals surface area contributed by atoms with Crippen LogP contribution in [-0.2, 0) is 5.41 Å². The second-order valence-electron chi connectivity index (χ2n) is 13.6. The molecule has 0 atom stereocenters. The fourth-order valence-electron chi connectivity index (χ4n) is 8.09. The van der Waals surface area contributed by atoms with E-state index in [1.54, 1.807) is 21.3 Å². The van der Waals surface area contributed by atoms with E-state index in [9.17, 15) is 0 Å². The van der Waals surface area contributed by atoms with Gasteiger partial charge in [0.25, 0.3) is 0 Å². The van der Waals surface area contributed by atoms with Crippen molar-refractivity contribution < 1.29 is 19.0 Å². The molecule has 0 radical (unpaired) electrons. The number of hydrogen-bond acceptors (Lipinski definition) is 6. The predicted octanol–water partition coefficient (Wildman–Crippen LogP) is 8.69. The van der Waals surface area contributed by atoms with E-state index >= 15 is 4.79 Å². The molecule has 0 amide bonds. The van der Waals surface area contributed by atoms with Crippen LogP contribution in [-0.4, -0.2) is 55.3 Å². The summed E-state index contributed by atoms with van der Waals surface area (Å²) in [6, 6.07) is 37.8. The van der Waals surface area contributed by atoms with Crippen LogP contribution >= 0.6 is 0 Å². The molecule has 6 heteroatoms. The van der Waals surface area contributed by atoms with Gasteiger partial charge in [0.15, 0.2) is 5.78 Å². The van der Waals surface area contributed by atoms with Gasteiger partial charge < -0.3 is 24.0 Å². The quantitative estimate of drug-likeness (QED) is 0.164. The lowest BCUT2D eigenvalue weighted by Gasteiger charge is -2.37. The normalized spacial score (nSPS) is 15.1. The molecule has 3 aliphatic rings. The molecule has 0 heterocycles. The fraction of sp³-hybridized carbons (Fsp3) is 0.178. The Kier molecular flexibility index (Phi) is 7.64. The fourth-order valence-corrected chi connectivity index (χ4v) is 8.09. The lowest BCUT2D eigenvalue weighted by Crippen LogP contribution is -2.32. The molecule has 5 aromatic rings. The van der Waals surface area contributed by atoms with Crippen molar-refractivity contribution in [2.75, 3.05) is 59.3 Å². The van der Waals surface area contributed by atoms with Gasteiger partial charge in [0.05, 0.1) is 26.7 Å². The van der Waals surface area contributed by atoms with Gasteiger partial charge >= 0.3 is 0 Å². The smallest absolute Gasteiger partial charge is 0.194 e. The molecule has 0 saturated carbocycles. The molecule has 0 unspecified atom stereocenters. The van der Waals surface area contributed by atoms with Gasteiger partial charge in [-0.1, -0.05) is 48.5 Å². The van der Waals surface area contributed by atoms with E-state index in [-0.39, 0.29) is 5.78 Å². The van der Waals surface area contributed by atoms with E-state index in [4.69, 9.17) is 14.2 Å². The van der Waals surface area contributed by atoms with Crippen molar-refractivity contribution >= 4 is 34.4 Å². The minimum absolute atomic E-state index is 0.0109. The third-order valence-electron chi connectivity index (χ3n) is 10.6. The number of allylic oxidation sites excluding steroid dienone is 4.